The Kier molecular flexibility index (Phi) is 4.05. The Bertz CT molecular complexity index is 735. The molecule has 0 saturated heterocycles. The first kappa shape index (κ1) is 14.3. The molecule has 0 aliphatic carbocycles. The van der Waals surface area contributed by atoms with E-state index in [4.69, 9.17) is 14.7 Å². The molecular formula is C15H12N2O4. The number of methoxy groups -OCH3 is 1. The second-order valence-electron chi connectivity index (χ2n) is 4.26. The van der Waals surface area contributed by atoms with Gasteiger partial charge in [0.25, 0.3) is 0 Å². The van der Waals surface area contributed by atoms with Crippen LogP contribution in [0.15, 0.2) is 36.4 Å². The van der Waals surface area contributed by atoms with Crippen molar-refractivity contribution in [3.05, 3.63) is 57.6 Å². The van der Waals surface area contributed by atoms with E-state index in [1.54, 1.807) is 31.2 Å². The van der Waals surface area contributed by atoms with Crippen molar-refractivity contribution in [3.8, 4) is 23.3 Å². The maximum atomic E-state index is 11.1. The SMILES string of the molecule is COc1ccc(Oc2c(C)cccc2C#N)c([N+](=O)[O-])c1. The Hall–Kier alpha value is -3.07. The van der Waals surface area contributed by atoms with Gasteiger partial charge in [-0.1, -0.05) is 12.1 Å². The Morgan fingerprint density at radius 2 is 2.05 bits per heavy atom. The van der Waals surface area contributed by atoms with E-state index in [9.17, 15) is 10.1 Å². The van der Waals surface area contributed by atoms with E-state index in [0.717, 1.165) is 5.56 Å². The maximum Gasteiger partial charge on any atom is 0.315 e. The average molecular weight is 284 g/mol. The number of rotatable bonds is 4. The Morgan fingerprint density at radius 3 is 2.67 bits per heavy atom. The van der Waals surface area contributed by atoms with Gasteiger partial charge in [0.05, 0.1) is 23.7 Å². The van der Waals surface area contributed by atoms with E-state index in [0.29, 0.717) is 17.1 Å². The summed E-state index contributed by atoms with van der Waals surface area (Å²) in [5, 5.41) is 20.2. The lowest BCUT2D eigenvalue weighted by Crippen LogP contribution is -1.97. The van der Waals surface area contributed by atoms with Crippen molar-refractivity contribution in [1.82, 2.24) is 0 Å². The summed E-state index contributed by atoms with van der Waals surface area (Å²) in [6.07, 6.45) is 0. The summed E-state index contributed by atoms with van der Waals surface area (Å²) in [6, 6.07) is 11.4. The first-order chi connectivity index (χ1) is 10.1. The molecule has 0 spiro atoms. The molecule has 0 atom stereocenters. The lowest BCUT2D eigenvalue weighted by atomic mass is 10.1. The normalized spacial score (nSPS) is 9.76. The molecule has 0 fully saturated rings. The summed E-state index contributed by atoms with van der Waals surface area (Å²) in [5.74, 6) is 0.735. The number of para-hydroxylation sites is 1. The third-order valence-corrected chi connectivity index (χ3v) is 2.91. The molecule has 0 aromatic heterocycles. The number of hydrogen-bond acceptors (Lipinski definition) is 5. The minimum absolute atomic E-state index is 0.0617. The van der Waals surface area contributed by atoms with E-state index < -0.39 is 4.92 Å². The average Bonchev–Trinajstić information content (AvgIpc) is 2.49. The molecule has 0 amide bonds. The number of nitriles is 1. The monoisotopic (exact) mass is 284 g/mol. The van der Waals surface area contributed by atoms with Crippen molar-refractivity contribution in [2.45, 2.75) is 6.92 Å². The molecular weight excluding hydrogens is 272 g/mol. The number of ether oxygens (including phenoxy) is 2. The number of nitro benzene ring substituents is 1. The molecule has 2 aromatic rings. The van der Waals surface area contributed by atoms with Gasteiger partial charge in [-0.25, -0.2) is 0 Å². The molecule has 0 aliphatic rings. The predicted octanol–water partition coefficient (Wildman–Crippen LogP) is 3.58. The van der Waals surface area contributed by atoms with Crippen molar-refractivity contribution in [2.24, 2.45) is 0 Å². The molecule has 2 rings (SSSR count). The molecule has 0 aliphatic heterocycles. The van der Waals surface area contributed by atoms with Crippen LogP contribution < -0.4 is 9.47 Å². The van der Waals surface area contributed by atoms with E-state index in [-0.39, 0.29) is 11.4 Å². The van der Waals surface area contributed by atoms with Crippen molar-refractivity contribution >= 4 is 5.69 Å². The van der Waals surface area contributed by atoms with E-state index >= 15 is 0 Å². The van der Waals surface area contributed by atoms with Crippen molar-refractivity contribution in [1.29, 1.82) is 5.26 Å². The number of benzene rings is 2. The van der Waals surface area contributed by atoms with Crippen LogP contribution in [0.3, 0.4) is 0 Å². The molecule has 0 radical (unpaired) electrons. The fourth-order valence-corrected chi connectivity index (χ4v) is 1.84. The van der Waals surface area contributed by atoms with Crippen LogP contribution in [-0.4, -0.2) is 12.0 Å². The van der Waals surface area contributed by atoms with Gasteiger partial charge in [0.1, 0.15) is 17.6 Å². The zero-order valence-corrected chi connectivity index (χ0v) is 11.5. The van der Waals surface area contributed by atoms with Crippen LogP contribution in [0.5, 0.6) is 17.2 Å². The van der Waals surface area contributed by atoms with Gasteiger partial charge in [0, 0.05) is 0 Å². The molecule has 106 valence electrons. The summed E-state index contributed by atoms with van der Waals surface area (Å²) >= 11 is 0. The number of nitrogens with zero attached hydrogens (tertiary/aromatic N) is 2. The van der Waals surface area contributed by atoms with Gasteiger partial charge in [0.15, 0.2) is 0 Å². The molecule has 2 aromatic carbocycles. The second kappa shape index (κ2) is 5.92. The summed E-state index contributed by atoms with van der Waals surface area (Å²) in [7, 11) is 1.43. The fourth-order valence-electron chi connectivity index (χ4n) is 1.84. The zero-order valence-electron chi connectivity index (χ0n) is 11.5. The van der Waals surface area contributed by atoms with Crippen LogP contribution in [-0.2, 0) is 0 Å². The van der Waals surface area contributed by atoms with Gasteiger partial charge < -0.3 is 9.47 Å². The highest BCUT2D eigenvalue weighted by molar-refractivity contribution is 5.56. The van der Waals surface area contributed by atoms with Crippen LogP contribution in [0.4, 0.5) is 5.69 Å². The number of hydrogen-bond donors (Lipinski definition) is 0. The van der Waals surface area contributed by atoms with Gasteiger partial charge in [-0.15, -0.1) is 0 Å². The molecule has 0 N–H and O–H groups in total. The molecule has 0 saturated carbocycles. The second-order valence-corrected chi connectivity index (χ2v) is 4.26. The minimum atomic E-state index is -0.553. The summed E-state index contributed by atoms with van der Waals surface area (Å²) < 4.78 is 10.6. The number of aryl methyl sites for hydroxylation is 1. The molecule has 6 nitrogen and oxygen atoms in total. The fraction of sp³-hybridized carbons (Fsp3) is 0.133. The largest absolute Gasteiger partial charge is 0.496 e. The minimum Gasteiger partial charge on any atom is -0.496 e. The Balaban J connectivity index is 2.50. The molecule has 0 bridgehead atoms. The lowest BCUT2D eigenvalue weighted by Gasteiger charge is -2.11. The third-order valence-electron chi connectivity index (χ3n) is 2.91. The van der Waals surface area contributed by atoms with E-state index in [1.807, 2.05) is 6.07 Å². The standard InChI is InChI=1S/C15H12N2O4/c1-10-4-3-5-11(9-16)15(10)21-14-7-6-12(20-2)8-13(14)17(18)19/h3-8H,1-2H3. The summed E-state index contributed by atoms with van der Waals surface area (Å²) in [5.41, 5.74) is 0.820. The molecule has 0 heterocycles. The zero-order chi connectivity index (χ0) is 15.4. The van der Waals surface area contributed by atoms with Crippen molar-refractivity contribution in [2.75, 3.05) is 7.11 Å². The van der Waals surface area contributed by atoms with Crippen LogP contribution in [0, 0.1) is 28.4 Å². The predicted molar refractivity (Wildman–Crippen MR) is 75.6 cm³/mol. The highest BCUT2D eigenvalue weighted by Gasteiger charge is 2.19. The first-order valence-electron chi connectivity index (χ1n) is 6.07. The van der Waals surface area contributed by atoms with Crippen LogP contribution in [0.2, 0.25) is 0 Å². The molecule has 0 unspecified atom stereocenters. The van der Waals surface area contributed by atoms with Gasteiger partial charge in [-0.05, 0) is 30.7 Å². The summed E-state index contributed by atoms with van der Waals surface area (Å²) in [6.45, 7) is 1.77. The van der Waals surface area contributed by atoms with Gasteiger partial charge in [0.2, 0.25) is 5.75 Å². The van der Waals surface area contributed by atoms with E-state index in [2.05, 4.69) is 0 Å². The quantitative estimate of drug-likeness (QED) is 0.632. The number of nitro groups is 1. The van der Waals surface area contributed by atoms with Crippen LogP contribution in [0.1, 0.15) is 11.1 Å². The maximum absolute atomic E-state index is 11.1. The van der Waals surface area contributed by atoms with Gasteiger partial charge in [-0.2, -0.15) is 5.26 Å². The third kappa shape index (κ3) is 2.92. The highest BCUT2D eigenvalue weighted by Crippen LogP contribution is 2.36. The smallest absolute Gasteiger partial charge is 0.315 e. The van der Waals surface area contributed by atoms with Crippen molar-refractivity contribution in [3.63, 3.8) is 0 Å². The van der Waals surface area contributed by atoms with Crippen LogP contribution >= 0.6 is 0 Å². The summed E-state index contributed by atoms with van der Waals surface area (Å²) in [4.78, 5) is 10.6. The van der Waals surface area contributed by atoms with Gasteiger partial charge in [-0.3, -0.25) is 10.1 Å². The highest BCUT2D eigenvalue weighted by atomic mass is 16.6. The first-order valence-corrected chi connectivity index (χ1v) is 6.07. The Morgan fingerprint density at radius 1 is 1.29 bits per heavy atom. The molecule has 21 heavy (non-hydrogen) atoms. The van der Waals surface area contributed by atoms with E-state index in [1.165, 1.54) is 19.2 Å². The lowest BCUT2D eigenvalue weighted by molar-refractivity contribution is -0.385. The molecule has 6 heteroatoms. The van der Waals surface area contributed by atoms with Crippen molar-refractivity contribution < 1.29 is 14.4 Å². The topological polar surface area (TPSA) is 85.4 Å². The van der Waals surface area contributed by atoms with Crippen LogP contribution in [0.25, 0.3) is 0 Å². The van der Waals surface area contributed by atoms with Gasteiger partial charge >= 0.3 is 5.69 Å². The Labute approximate surface area is 121 Å².